The topological polar surface area (TPSA) is 114 Å². The monoisotopic (exact) mass is 527 g/mol. The summed E-state index contributed by atoms with van der Waals surface area (Å²) in [6.07, 6.45) is 9.00. The van der Waals surface area contributed by atoms with Crippen molar-refractivity contribution in [3.05, 3.63) is 12.2 Å². The smallest absolute Gasteiger partial charge is 0.408 e. The van der Waals surface area contributed by atoms with Gasteiger partial charge in [-0.05, 0) is 59.8 Å². The SMILES string of the molecule is CC.CC.CCCCC/C=C\CC(NC(=O)C1CCCN1C(=O)CNC(=O)OC(C)(C)C)C(=O)OCC. The summed E-state index contributed by atoms with van der Waals surface area (Å²) in [7, 11) is 0. The highest BCUT2D eigenvalue weighted by molar-refractivity contribution is 5.92. The third-order valence-electron chi connectivity index (χ3n) is 5.06. The Balaban J connectivity index is 0. The van der Waals surface area contributed by atoms with Gasteiger partial charge < -0.3 is 25.0 Å². The molecule has 0 spiro atoms. The van der Waals surface area contributed by atoms with Crippen molar-refractivity contribution in [2.45, 2.75) is 125 Å². The van der Waals surface area contributed by atoms with E-state index in [0.29, 0.717) is 25.8 Å². The number of alkyl carbamates (subject to hydrolysis) is 1. The van der Waals surface area contributed by atoms with Crippen LogP contribution in [-0.4, -0.2) is 66.2 Å². The zero-order valence-corrected chi connectivity index (χ0v) is 24.8. The van der Waals surface area contributed by atoms with Gasteiger partial charge in [0.1, 0.15) is 24.2 Å². The van der Waals surface area contributed by atoms with E-state index >= 15 is 0 Å². The van der Waals surface area contributed by atoms with Crippen LogP contribution in [0.4, 0.5) is 4.79 Å². The molecule has 0 aromatic rings. The molecule has 1 fully saturated rings. The Bertz CT molecular complexity index is 688. The number of carbonyl (C=O) groups is 4. The van der Waals surface area contributed by atoms with E-state index in [9.17, 15) is 19.2 Å². The second-order valence-electron chi connectivity index (χ2n) is 9.12. The van der Waals surface area contributed by atoms with Gasteiger partial charge in [0.25, 0.3) is 0 Å². The zero-order chi connectivity index (χ0) is 28.9. The van der Waals surface area contributed by atoms with E-state index in [1.54, 1.807) is 27.7 Å². The highest BCUT2D eigenvalue weighted by Crippen LogP contribution is 2.18. The Labute approximate surface area is 225 Å². The van der Waals surface area contributed by atoms with Crippen molar-refractivity contribution in [3.63, 3.8) is 0 Å². The third kappa shape index (κ3) is 16.7. The Morgan fingerprint density at radius 3 is 2.24 bits per heavy atom. The number of nitrogens with one attached hydrogen (secondary N) is 2. The Morgan fingerprint density at radius 1 is 1.03 bits per heavy atom. The number of esters is 1. The molecular weight excluding hydrogens is 474 g/mol. The van der Waals surface area contributed by atoms with Crippen molar-refractivity contribution < 1.29 is 28.7 Å². The molecule has 0 bridgehead atoms. The molecule has 9 nitrogen and oxygen atoms in total. The van der Waals surface area contributed by atoms with E-state index in [1.165, 1.54) is 4.90 Å². The maximum Gasteiger partial charge on any atom is 0.408 e. The van der Waals surface area contributed by atoms with E-state index in [-0.39, 0.29) is 19.1 Å². The number of hydrogen-bond donors (Lipinski definition) is 2. The third-order valence-corrected chi connectivity index (χ3v) is 5.06. The molecule has 1 aliphatic rings. The van der Waals surface area contributed by atoms with Crippen molar-refractivity contribution in [1.82, 2.24) is 15.5 Å². The molecule has 1 rings (SSSR count). The van der Waals surface area contributed by atoms with Gasteiger partial charge in [-0.1, -0.05) is 59.6 Å². The normalized spacial score (nSPS) is 15.5. The second-order valence-corrected chi connectivity index (χ2v) is 9.12. The average Bonchev–Trinajstić information content (AvgIpc) is 3.36. The molecule has 1 heterocycles. The Hall–Kier alpha value is -2.58. The van der Waals surface area contributed by atoms with Gasteiger partial charge in [-0.25, -0.2) is 9.59 Å². The van der Waals surface area contributed by atoms with Crippen LogP contribution < -0.4 is 10.6 Å². The quantitative estimate of drug-likeness (QED) is 0.207. The van der Waals surface area contributed by atoms with Crippen LogP contribution >= 0.6 is 0 Å². The van der Waals surface area contributed by atoms with Crippen LogP contribution in [-0.2, 0) is 23.9 Å². The highest BCUT2D eigenvalue weighted by atomic mass is 16.6. The number of rotatable bonds is 12. The molecule has 0 aliphatic carbocycles. The summed E-state index contributed by atoms with van der Waals surface area (Å²) in [6.45, 7) is 17.4. The lowest BCUT2D eigenvalue weighted by Crippen LogP contribution is -2.52. The van der Waals surface area contributed by atoms with Gasteiger partial charge in [0.2, 0.25) is 11.8 Å². The van der Waals surface area contributed by atoms with Crippen molar-refractivity contribution in [1.29, 1.82) is 0 Å². The van der Waals surface area contributed by atoms with E-state index in [2.05, 4.69) is 17.6 Å². The lowest BCUT2D eigenvalue weighted by atomic mass is 10.1. The van der Waals surface area contributed by atoms with Gasteiger partial charge >= 0.3 is 12.1 Å². The first-order chi connectivity index (χ1) is 17.6. The fourth-order valence-corrected chi connectivity index (χ4v) is 3.49. The molecule has 0 aromatic heterocycles. The van der Waals surface area contributed by atoms with Crippen LogP contribution in [0.2, 0.25) is 0 Å². The molecule has 0 radical (unpaired) electrons. The van der Waals surface area contributed by atoms with Crippen LogP contribution in [0.1, 0.15) is 107 Å². The number of ether oxygens (including phenoxy) is 2. The van der Waals surface area contributed by atoms with E-state index in [0.717, 1.165) is 25.7 Å². The number of unbranched alkanes of at least 4 members (excludes halogenated alkanes) is 3. The van der Waals surface area contributed by atoms with Crippen molar-refractivity contribution in [2.24, 2.45) is 0 Å². The van der Waals surface area contributed by atoms with Crippen LogP contribution in [0.3, 0.4) is 0 Å². The number of likely N-dealkylation sites (tertiary alicyclic amines) is 1. The molecule has 9 heteroatoms. The Kier molecular flexibility index (Phi) is 21.3. The zero-order valence-electron chi connectivity index (χ0n) is 24.8. The average molecular weight is 528 g/mol. The van der Waals surface area contributed by atoms with Gasteiger partial charge in [0.15, 0.2) is 0 Å². The van der Waals surface area contributed by atoms with Crippen LogP contribution in [0.15, 0.2) is 12.2 Å². The number of nitrogens with zero attached hydrogens (tertiary/aromatic N) is 1. The van der Waals surface area contributed by atoms with Crippen molar-refractivity contribution in [3.8, 4) is 0 Å². The second kappa shape index (κ2) is 21.5. The molecule has 3 amide bonds. The first-order valence-electron chi connectivity index (χ1n) is 14.0. The lowest BCUT2D eigenvalue weighted by molar-refractivity contribution is -0.148. The summed E-state index contributed by atoms with van der Waals surface area (Å²) >= 11 is 0. The molecule has 0 saturated carbocycles. The fraction of sp³-hybridized carbons (Fsp3) is 0.786. The van der Waals surface area contributed by atoms with Gasteiger partial charge in [-0.2, -0.15) is 0 Å². The van der Waals surface area contributed by atoms with E-state index in [1.807, 2.05) is 39.8 Å². The minimum Gasteiger partial charge on any atom is -0.464 e. The number of amides is 3. The molecule has 2 N–H and O–H groups in total. The van der Waals surface area contributed by atoms with Crippen molar-refractivity contribution in [2.75, 3.05) is 19.7 Å². The fourth-order valence-electron chi connectivity index (χ4n) is 3.49. The lowest BCUT2D eigenvalue weighted by Gasteiger charge is -2.26. The summed E-state index contributed by atoms with van der Waals surface area (Å²) in [4.78, 5) is 51.2. The number of hydrogen-bond acceptors (Lipinski definition) is 6. The first kappa shape index (κ1) is 36.6. The minimum absolute atomic E-state index is 0.218. The first-order valence-corrected chi connectivity index (χ1v) is 14.0. The predicted octanol–water partition coefficient (Wildman–Crippen LogP) is 5.13. The summed E-state index contributed by atoms with van der Waals surface area (Å²) in [5.41, 5.74) is -0.671. The molecule has 2 atom stereocenters. The van der Waals surface area contributed by atoms with Crippen LogP contribution in [0.25, 0.3) is 0 Å². The Morgan fingerprint density at radius 2 is 1.68 bits per heavy atom. The van der Waals surface area contributed by atoms with Gasteiger partial charge in [0.05, 0.1) is 6.61 Å². The van der Waals surface area contributed by atoms with E-state index in [4.69, 9.17) is 9.47 Å². The maximum absolute atomic E-state index is 12.9. The van der Waals surface area contributed by atoms with Crippen LogP contribution in [0.5, 0.6) is 0 Å². The van der Waals surface area contributed by atoms with Gasteiger partial charge in [0, 0.05) is 6.54 Å². The highest BCUT2D eigenvalue weighted by Gasteiger charge is 2.36. The largest absolute Gasteiger partial charge is 0.464 e. The minimum atomic E-state index is -0.808. The van der Waals surface area contributed by atoms with Gasteiger partial charge in [-0.15, -0.1) is 0 Å². The van der Waals surface area contributed by atoms with E-state index < -0.39 is 35.7 Å². The number of allylic oxidation sites excluding steroid dienone is 1. The number of carbonyl (C=O) groups excluding carboxylic acids is 4. The van der Waals surface area contributed by atoms with Crippen molar-refractivity contribution >= 4 is 23.9 Å². The van der Waals surface area contributed by atoms with Gasteiger partial charge in [-0.3, -0.25) is 9.59 Å². The molecule has 0 aromatic carbocycles. The molecule has 37 heavy (non-hydrogen) atoms. The maximum atomic E-state index is 12.9. The molecule has 1 saturated heterocycles. The molecular formula is C28H53N3O6. The van der Waals surface area contributed by atoms with Crippen LogP contribution in [0, 0.1) is 0 Å². The summed E-state index contributed by atoms with van der Waals surface area (Å²) in [5, 5.41) is 5.19. The summed E-state index contributed by atoms with van der Waals surface area (Å²) in [5.74, 6) is -1.26. The summed E-state index contributed by atoms with van der Waals surface area (Å²) in [6, 6.07) is -1.50. The molecule has 2 unspecified atom stereocenters. The molecule has 1 aliphatic heterocycles. The predicted molar refractivity (Wildman–Crippen MR) is 148 cm³/mol. The standard InChI is InChI=1S/C24H41N3O6.2C2H6/c1-6-8-9-10-11-12-14-18(22(30)32-7-2)26-21(29)19-15-13-16-27(19)20(28)17-25-23(31)33-24(3,4)5;2*1-2/h11-12,18-19H,6-10,13-17H2,1-5H3,(H,25,31)(H,26,29);2*1-2H3/b12-11-;;. The molecule has 216 valence electrons. The summed E-state index contributed by atoms with van der Waals surface area (Å²) < 4.78 is 10.3.